The minimum atomic E-state index is -3.66. The Bertz CT molecular complexity index is 1240. The lowest BCUT2D eigenvalue weighted by Gasteiger charge is -2.30. The van der Waals surface area contributed by atoms with Gasteiger partial charge in [0.25, 0.3) is 0 Å². The number of alkyl carbamates (subject to hydrolysis) is 1. The van der Waals surface area contributed by atoms with E-state index in [1.54, 1.807) is 18.2 Å². The molecule has 0 spiro atoms. The number of ether oxygens (including phenoxy) is 1. The highest BCUT2D eigenvalue weighted by Crippen LogP contribution is 2.43. The summed E-state index contributed by atoms with van der Waals surface area (Å²) in [6.07, 6.45) is 3.07. The van der Waals surface area contributed by atoms with E-state index in [1.165, 1.54) is 30.3 Å². The summed E-state index contributed by atoms with van der Waals surface area (Å²) < 4.78 is 37.1. The number of hydrogen-bond acceptors (Lipinski definition) is 5. The standard InChI is InChI=1S/C31H36ClF2N3O5/c32-24-13-7-12-23(18-24)31(33,34)27(21-10-5-2-6-11-21)42-30(41)37-26(16-20-8-3-1-4-9-20)29(40)36-25(19-38)17-22-14-15-35-28(22)39/h2,5-7,10-13,18-20,22,25-27H,1,3-4,8-9,14-17H2,(H,35,39)(H,36,40)(H,37,41)/t22-,25-,26-,27+/m0/s1. The predicted molar refractivity (Wildman–Crippen MR) is 153 cm³/mol. The lowest BCUT2D eigenvalue weighted by molar-refractivity contribution is -0.129. The van der Waals surface area contributed by atoms with Gasteiger partial charge >= 0.3 is 12.0 Å². The van der Waals surface area contributed by atoms with Crippen molar-refractivity contribution >= 4 is 35.8 Å². The van der Waals surface area contributed by atoms with Crippen LogP contribution in [0.2, 0.25) is 5.02 Å². The first-order valence-corrected chi connectivity index (χ1v) is 14.7. The van der Waals surface area contributed by atoms with Gasteiger partial charge in [0.1, 0.15) is 12.3 Å². The summed E-state index contributed by atoms with van der Waals surface area (Å²) in [5.41, 5.74) is -0.375. The first kappa shape index (κ1) is 31.4. The number of nitrogens with one attached hydrogen (secondary N) is 3. The SMILES string of the molecule is O=C[C@H](C[C@@H]1CCNC1=O)NC(=O)[C@H](CC1CCCCC1)NC(=O)O[C@H](c1ccccc1)C(F)(F)c1cccc(Cl)c1. The van der Waals surface area contributed by atoms with Crippen LogP contribution in [0.15, 0.2) is 54.6 Å². The fraction of sp³-hybridized carbons (Fsp3) is 0.484. The van der Waals surface area contributed by atoms with Crippen LogP contribution in [0.25, 0.3) is 0 Å². The number of hydrogen-bond donors (Lipinski definition) is 3. The third-order valence-corrected chi connectivity index (χ3v) is 8.20. The Morgan fingerprint density at radius 3 is 2.40 bits per heavy atom. The maximum Gasteiger partial charge on any atom is 0.408 e. The van der Waals surface area contributed by atoms with Gasteiger partial charge in [-0.15, -0.1) is 0 Å². The molecule has 2 aromatic rings. The molecule has 3 amide bonds. The summed E-state index contributed by atoms with van der Waals surface area (Å²) in [6.45, 7) is 0.503. The first-order chi connectivity index (χ1) is 20.2. The Morgan fingerprint density at radius 2 is 1.76 bits per heavy atom. The molecule has 2 fully saturated rings. The van der Waals surface area contributed by atoms with Gasteiger partial charge in [-0.25, -0.2) is 4.79 Å². The number of halogens is 3. The molecule has 1 aliphatic carbocycles. The van der Waals surface area contributed by atoms with Crippen molar-refractivity contribution in [3.63, 3.8) is 0 Å². The Morgan fingerprint density at radius 1 is 1.02 bits per heavy atom. The normalized spacial score (nSPS) is 19.7. The van der Waals surface area contributed by atoms with Crippen LogP contribution in [0.5, 0.6) is 0 Å². The van der Waals surface area contributed by atoms with Crippen LogP contribution < -0.4 is 16.0 Å². The topological polar surface area (TPSA) is 114 Å². The van der Waals surface area contributed by atoms with Crippen LogP contribution in [0, 0.1) is 11.8 Å². The zero-order valence-corrected chi connectivity index (χ0v) is 24.0. The average Bonchev–Trinajstić information content (AvgIpc) is 3.39. The van der Waals surface area contributed by atoms with Crippen molar-refractivity contribution in [2.75, 3.05) is 6.54 Å². The molecule has 1 aliphatic heterocycles. The van der Waals surface area contributed by atoms with Crippen molar-refractivity contribution in [2.45, 2.75) is 75.5 Å². The Hall–Kier alpha value is -3.53. The van der Waals surface area contributed by atoms with Crippen LogP contribution >= 0.6 is 11.6 Å². The number of benzene rings is 2. The number of aldehydes is 1. The quantitative estimate of drug-likeness (QED) is 0.279. The highest BCUT2D eigenvalue weighted by Gasteiger charge is 2.46. The van der Waals surface area contributed by atoms with Gasteiger partial charge in [0.2, 0.25) is 11.8 Å². The van der Waals surface area contributed by atoms with E-state index in [0.717, 1.165) is 38.2 Å². The zero-order valence-electron chi connectivity index (χ0n) is 23.2. The van der Waals surface area contributed by atoms with Crippen molar-refractivity contribution in [1.29, 1.82) is 0 Å². The zero-order chi connectivity index (χ0) is 30.1. The van der Waals surface area contributed by atoms with Crippen LogP contribution in [0.1, 0.15) is 68.6 Å². The molecule has 3 N–H and O–H groups in total. The summed E-state index contributed by atoms with van der Waals surface area (Å²) in [6, 6.07) is 10.7. The van der Waals surface area contributed by atoms with E-state index in [9.17, 15) is 19.2 Å². The van der Waals surface area contributed by atoms with E-state index in [-0.39, 0.29) is 35.3 Å². The fourth-order valence-corrected chi connectivity index (χ4v) is 5.90. The van der Waals surface area contributed by atoms with Gasteiger partial charge < -0.3 is 25.5 Å². The van der Waals surface area contributed by atoms with E-state index in [2.05, 4.69) is 16.0 Å². The van der Waals surface area contributed by atoms with E-state index >= 15 is 8.78 Å². The number of rotatable bonds is 12. The number of amides is 3. The van der Waals surface area contributed by atoms with Crippen molar-refractivity contribution in [3.8, 4) is 0 Å². The molecular formula is C31H36ClF2N3O5. The van der Waals surface area contributed by atoms with E-state index in [4.69, 9.17) is 16.3 Å². The molecule has 11 heteroatoms. The molecule has 2 aromatic carbocycles. The maximum absolute atomic E-state index is 15.8. The number of carbonyl (C=O) groups excluding carboxylic acids is 4. The molecule has 1 saturated heterocycles. The summed E-state index contributed by atoms with van der Waals surface area (Å²) in [5.74, 6) is -4.75. The summed E-state index contributed by atoms with van der Waals surface area (Å²) >= 11 is 5.97. The third kappa shape index (κ3) is 8.27. The largest absolute Gasteiger partial charge is 0.434 e. The Balaban J connectivity index is 1.52. The molecule has 1 heterocycles. The van der Waals surface area contributed by atoms with Crippen LogP contribution in [-0.2, 0) is 25.0 Å². The second-order valence-electron chi connectivity index (χ2n) is 11.0. The third-order valence-electron chi connectivity index (χ3n) is 7.96. The lowest BCUT2D eigenvalue weighted by Crippen LogP contribution is -2.51. The minimum Gasteiger partial charge on any atom is -0.434 e. The van der Waals surface area contributed by atoms with Crippen molar-refractivity contribution in [2.24, 2.45) is 11.8 Å². The molecule has 4 atom stereocenters. The van der Waals surface area contributed by atoms with Gasteiger partial charge in [-0.2, -0.15) is 8.78 Å². The highest BCUT2D eigenvalue weighted by atomic mass is 35.5. The molecule has 0 radical (unpaired) electrons. The monoisotopic (exact) mass is 603 g/mol. The molecule has 0 bridgehead atoms. The smallest absolute Gasteiger partial charge is 0.408 e. The second-order valence-corrected chi connectivity index (χ2v) is 11.5. The minimum absolute atomic E-state index is 0.0572. The van der Waals surface area contributed by atoms with Crippen LogP contribution in [0.3, 0.4) is 0 Å². The van der Waals surface area contributed by atoms with Gasteiger partial charge in [-0.1, -0.05) is 86.2 Å². The number of carbonyl (C=O) groups is 4. The fourth-order valence-electron chi connectivity index (χ4n) is 5.71. The highest BCUT2D eigenvalue weighted by molar-refractivity contribution is 6.30. The predicted octanol–water partition coefficient (Wildman–Crippen LogP) is 5.45. The Kier molecular flexibility index (Phi) is 10.9. The first-order valence-electron chi connectivity index (χ1n) is 14.4. The molecule has 1 saturated carbocycles. The van der Waals surface area contributed by atoms with Gasteiger partial charge in [0.05, 0.1) is 6.04 Å². The average molecular weight is 604 g/mol. The molecule has 4 rings (SSSR count). The summed E-state index contributed by atoms with van der Waals surface area (Å²) in [4.78, 5) is 50.4. The second kappa shape index (κ2) is 14.6. The van der Waals surface area contributed by atoms with E-state index in [1.807, 2.05) is 0 Å². The maximum atomic E-state index is 15.8. The van der Waals surface area contributed by atoms with Gasteiger partial charge in [-0.3, -0.25) is 9.59 Å². The Labute approximate surface area is 248 Å². The molecular weight excluding hydrogens is 568 g/mol. The molecule has 226 valence electrons. The summed E-state index contributed by atoms with van der Waals surface area (Å²) in [5, 5.41) is 7.95. The number of alkyl halides is 2. The van der Waals surface area contributed by atoms with E-state index in [0.29, 0.717) is 19.3 Å². The van der Waals surface area contributed by atoms with E-state index < -0.39 is 47.6 Å². The van der Waals surface area contributed by atoms with Crippen molar-refractivity contribution in [3.05, 3.63) is 70.7 Å². The molecule has 8 nitrogen and oxygen atoms in total. The molecule has 0 aromatic heterocycles. The molecule has 0 unspecified atom stereocenters. The van der Waals surface area contributed by atoms with Gasteiger partial charge in [0.15, 0.2) is 6.10 Å². The molecule has 42 heavy (non-hydrogen) atoms. The molecule has 2 aliphatic rings. The van der Waals surface area contributed by atoms with Gasteiger partial charge in [0, 0.05) is 23.0 Å². The van der Waals surface area contributed by atoms with Crippen molar-refractivity contribution in [1.82, 2.24) is 16.0 Å². The summed E-state index contributed by atoms with van der Waals surface area (Å²) in [7, 11) is 0. The van der Waals surface area contributed by atoms with Crippen LogP contribution in [-0.4, -0.2) is 42.8 Å². The van der Waals surface area contributed by atoms with Gasteiger partial charge in [-0.05, 0) is 42.9 Å². The lowest BCUT2D eigenvalue weighted by atomic mass is 9.84. The van der Waals surface area contributed by atoms with Crippen LogP contribution in [0.4, 0.5) is 13.6 Å². The van der Waals surface area contributed by atoms with Crippen molar-refractivity contribution < 1.29 is 32.7 Å².